The third-order valence-electron chi connectivity index (χ3n) is 2.62. The van der Waals surface area contributed by atoms with Crippen LogP contribution in [-0.2, 0) is 0 Å². The monoisotopic (exact) mass is 266 g/mol. The Hall–Kier alpha value is -1.27. The second-order valence-corrected chi connectivity index (χ2v) is 5.34. The minimum absolute atomic E-state index is 0.139. The summed E-state index contributed by atoms with van der Waals surface area (Å²) in [5, 5.41) is 12.6. The SMILES string of the molecule is CCCNC(CC)c1nnc(-c2cnc(C)s2)o1. The Morgan fingerprint density at radius 2 is 2.22 bits per heavy atom. The van der Waals surface area contributed by atoms with E-state index in [2.05, 4.69) is 34.3 Å². The molecular weight excluding hydrogens is 248 g/mol. The molecule has 0 saturated heterocycles. The van der Waals surface area contributed by atoms with E-state index in [1.807, 2.05) is 6.92 Å². The van der Waals surface area contributed by atoms with Crippen LogP contribution in [0, 0.1) is 6.92 Å². The Bertz CT molecular complexity index is 494. The molecule has 0 aromatic carbocycles. The summed E-state index contributed by atoms with van der Waals surface area (Å²) in [7, 11) is 0. The highest BCUT2D eigenvalue weighted by molar-refractivity contribution is 7.14. The van der Waals surface area contributed by atoms with Crippen molar-refractivity contribution < 1.29 is 4.42 Å². The normalized spacial score (nSPS) is 12.8. The van der Waals surface area contributed by atoms with Gasteiger partial charge in [-0.05, 0) is 26.3 Å². The number of thiazole rings is 1. The van der Waals surface area contributed by atoms with Crippen molar-refractivity contribution in [2.24, 2.45) is 0 Å². The first-order valence-electron chi connectivity index (χ1n) is 6.24. The van der Waals surface area contributed by atoms with Crippen LogP contribution in [0.4, 0.5) is 0 Å². The number of hydrogen-bond donors (Lipinski definition) is 1. The molecule has 0 amide bonds. The first-order valence-corrected chi connectivity index (χ1v) is 7.05. The maximum Gasteiger partial charge on any atom is 0.259 e. The Morgan fingerprint density at radius 1 is 1.39 bits per heavy atom. The summed E-state index contributed by atoms with van der Waals surface area (Å²) in [5.41, 5.74) is 0. The van der Waals surface area contributed by atoms with E-state index in [0.717, 1.165) is 29.3 Å². The highest BCUT2D eigenvalue weighted by atomic mass is 32.1. The van der Waals surface area contributed by atoms with E-state index in [9.17, 15) is 0 Å². The molecule has 1 atom stereocenters. The third kappa shape index (κ3) is 2.94. The van der Waals surface area contributed by atoms with Crippen LogP contribution < -0.4 is 5.32 Å². The van der Waals surface area contributed by atoms with Crippen molar-refractivity contribution in [1.82, 2.24) is 20.5 Å². The summed E-state index contributed by atoms with van der Waals surface area (Å²) in [6.45, 7) is 7.16. The van der Waals surface area contributed by atoms with Crippen LogP contribution in [0.15, 0.2) is 10.6 Å². The molecule has 0 spiro atoms. The van der Waals surface area contributed by atoms with E-state index in [1.165, 1.54) is 0 Å². The second-order valence-electron chi connectivity index (χ2n) is 4.10. The zero-order valence-corrected chi connectivity index (χ0v) is 11.8. The molecule has 18 heavy (non-hydrogen) atoms. The van der Waals surface area contributed by atoms with Gasteiger partial charge in [0.2, 0.25) is 5.89 Å². The van der Waals surface area contributed by atoms with Crippen LogP contribution >= 0.6 is 11.3 Å². The maximum absolute atomic E-state index is 5.72. The molecule has 0 radical (unpaired) electrons. The summed E-state index contributed by atoms with van der Waals surface area (Å²) in [4.78, 5) is 5.12. The molecule has 2 heterocycles. The molecule has 0 bridgehead atoms. The maximum atomic E-state index is 5.72. The van der Waals surface area contributed by atoms with Crippen LogP contribution in [0.5, 0.6) is 0 Å². The average molecular weight is 266 g/mol. The zero-order chi connectivity index (χ0) is 13.0. The van der Waals surface area contributed by atoms with Crippen LogP contribution in [0.3, 0.4) is 0 Å². The summed E-state index contributed by atoms with van der Waals surface area (Å²) in [6, 6.07) is 0.139. The topological polar surface area (TPSA) is 63.8 Å². The van der Waals surface area contributed by atoms with Crippen molar-refractivity contribution in [2.45, 2.75) is 39.7 Å². The zero-order valence-electron chi connectivity index (χ0n) is 10.9. The summed E-state index contributed by atoms with van der Waals surface area (Å²) in [5.74, 6) is 1.22. The van der Waals surface area contributed by atoms with Gasteiger partial charge in [0.05, 0.1) is 17.2 Å². The minimum Gasteiger partial charge on any atom is -0.418 e. The van der Waals surface area contributed by atoms with Crippen molar-refractivity contribution in [3.8, 4) is 10.8 Å². The Kier molecular flexibility index (Phi) is 4.43. The molecule has 0 aliphatic heterocycles. The lowest BCUT2D eigenvalue weighted by Gasteiger charge is -2.11. The molecule has 2 aromatic heterocycles. The molecule has 6 heteroatoms. The first kappa shape index (κ1) is 13.2. The van der Waals surface area contributed by atoms with E-state index in [4.69, 9.17) is 4.42 Å². The second kappa shape index (κ2) is 6.06. The molecule has 5 nitrogen and oxygen atoms in total. The predicted molar refractivity (Wildman–Crippen MR) is 71.5 cm³/mol. The van der Waals surface area contributed by atoms with Gasteiger partial charge >= 0.3 is 0 Å². The van der Waals surface area contributed by atoms with Crippen molar-refractivity contribution in [1.29, 1.82) is 0 Å². The number of aromatic nitrogens is 3. The molecule has 1 unspecified atom stereocenters. The van der Waals surface area contributed by atoms with Crippen LogP contribution in [0.2, 0.25) is 0 Å². The van der Waals surface area contributed by atoms with Gasteiger partial charge in [-0.2, -0.15) is 0 Å². The highest BCUT2D eigenvalue weighted by Gasteiger charge is 2.17. The molecular formula is C12H18N4OS. The summed E-state index contributed by atoms with van der Waals surface area (Å²) < 4.78 is 5.72. The van der Waals surface area contributed by atoms with E-state index in [0.29, 0.717) is 11.8 Å². The van der Waals surface area contributed by atoms with Crippen molar-refractivity contribution in [3.63, 3.8) is 0 Å². The van der Waals surface area contributed by atoms with E-state index < -0.39 is 0 Å². The van der Waals surface area contributed by atoms with Gasteiger partial charge in [-0.25, -0.2) is 4.98 Å². The fourth-order valence-electron chi connectivity index (χ4n) is 1.66. The van der Waals surface area contributed by atoms with Gasteiger partial charge in [0, 0.05) is 0 Å². The molecule has 0 fully saturated rings. The quantitative estimate of drug-likeness (QED) is 0.871. The molecule has 2 rings (SSSR count). The lowest BCUT2D eigenvalue weighted by atomic mass is 10.2. The fraction of sp³-hybridized carbons (Fsp3) is 0.583. The van der Waals surface area contributed by atoms with Crippen molar-refractivity contribution in [3.05, 3.63) is 17.1 Å². The molecule has 0 saturated carbocycles. The summed E-state index contributed by atoms with van der Waals surface area (Å²) >= 11 is 1.56. The smallest absolute Gasteiger partial charge is 0.259 e. The van der Waals surface area contributed by atoms with Gasteiger partial charge in [0.25, 0.3) is 5.89 Å². The van der Waals surface area contributed by atoms with Gasteiger partial charge in [0.1, 0.15) is 4.88 Å². The molecule has 2 aromatic rings. The van der Waals surface area contributed by atoms with Crippen LogP contribution in [-0.4, -0.2) is 21.7 Å². The number of aryl methyl sites for hydroxylation is 1. The molecule has 1 N–H and O–H groups in total. The molecule has 0 aliphatic rings. The number of rotatable bonds is 6. The Labute approximate surface area is 111 Å². The van der Waals surface area contributed by atoms with Gasteiger partial charge in [-0.3, -0.25) is 0 Å². The molecule has 98 valence electrons. The van der Waals surface area contributed by atoms with E-state index >= 15 is 0 Å². The van der Waals surface area contributed by atoms with Gasteiger partial charge in [0.15, 0.2) is 0 Å². The van der Waals surface area contributed by atoms with E-state index in [1.54, 1.807) is 17.5 Å². The summed E-state index contributed by atoms with van der Waals surface area (Å²) in [6.07, 6.45) is 3.80. The Balaban J connectivity index is 2.13. The highest BCUT2D eigenvalue weighted by Crippen LogP contribution is 2.26. The average Bonchev–Trinajstić information content (AvgIpc) is 2.99. The van der Waals surface area contributed by atoms with Crippen LogP contribution in [0.1, 0.15) is 43.6 Å². The van der Waals surface area contributed by atoms with Crippen molar-refractivity contribution >= 4 is 11.3 Å². The standard InChI is InChI=1S/C12H18N4OS/c1-4-6-13-9(5-2)11-15-16-12(17-11)10-7-14-8(3)18-10/h7,9,13H,4-6H2,1-3H3. The lowest BCUT2D eigenvalue weighted by Crippen LogP contribution is -2.21. The van der Waals surface area contributed by atoms with Crippen LogP contribution in [0.25, 0.3) is 10.8 Å². The number of nitrogens with zero attached hydrogens (tertiary/aromatic N) is 3. The lowest BCUT2D eigenvalue weighted by molar-refractivity contribution is 0.396. The van der Waals surface area contributed by atoms with E-state index in [-0.39, 0.29) is 6.04 Å². The number of hydrogen-bond acceptors (Lipinski definition) is 6. The number of nitrogens with one attached hydrogen (secondary N) is 1. The van der Waals surface area contributed by atoms with Crippen molar-refractivity contribution in [2.75, 3.05) is 6.54 Å². The van der Waals surface area contributed by atoms with Gasteiger partial charge in [-0.1, -0.05) is 13.8 Å². The Morgan fingerprint density at radius 3 is 2.83 bits per heavy atom. The minimum atomic E-state index is 0.139. The predicted octanol–water partition coefficient (Wildman–Crippen LogP) is 2.95. The largest absolute Gasteiger partial charge is 0.418 e. The fourth-order valence-corrected chi connectivity index (χ4v) is 2.36. The first-order chi connectivity index (χ1) is 8.74. The third-order valence-corrected chi connectivity index (χ3v) is 3.52. The van der Waals surface area contributed by atoms with Gasteiger partial charge < -0.3 is 9.73 Å². The van der Waals surface area contributed by atoms with Gasteiger partial charge in [-0.15, -0.1) is 21.5 Å². The molecule has 0 aliphatic carbocycles.